The largest absolute Gasteiger partial charge is 0.381 e. The molecule has 0 bridgehead atoms. The Morgan fingerprint density at radius 1 is 1.04 bits per heavy atom. The Balaban J connectivity index is 1.54. The molecule has 0 amide bonds. The highest BCUT2D eigenvalue weighted by Gasteiger charge is 2.21. The zero-order valence-electron chi connectivity index (χ0n) is 15.8. The van der Waals surface area contributed by atoms with Crippen LogP contribution in [0, 0.1) is 17.2 Å². The molecule has 0 heterocycles. The van der Waals surface area contributed by atoms with Crippen LogP contribution in [0.3, 0.4) is 0 Å². The molecule has 25 heavy (non-hydrogen) atoms. The second-order valence-electron chi connectivity index (χ2n) is 7.25. The topological polar surface area (TPSA) is 33.0 Å². The standard InChI is InChI=1S/C23H33NO/c1-2-3-4-5-6-17-25-18-7-8-20-9-13-22(14-10-20)23-15-11-21(19-24)12-16-23/h4-5,11-12,15-16,20,22H,2-3,6-10,13-14,17-18H2,1H3/b5-4+. The quantitative estimate of drug-likeness (QED) is 0.366. The molecule has 1 aromatic rings. The van der Waals surface area contributed by atoms with E-state index in [2.05, 4.69) is 37.3 Å². The maximum absolute atomic E-state index is 8.89. The number of nitrogens with zero attached hydrogens (tertiary/aromatic N) is 1. The normalized spacial score (nSPS) is 20.6. The summed E-state index contributed by atoms with van der Waals surface area (Å²) in [6.07, 6.45) is 15.7. The lowest BCUT2D eigenvalue weighted by atomic mass is 9.77. The molecule has 2 rings (SSSR count). The third-order valence-corrected chi connectivity index (χ3v) is 5.31. The second-order valence-corrected chi connectivity index (χ2v) is 7.25. The average molecular weight is 340 g/mol. The van der Waals surface area contributed by atoms with Crippen LogP contribution in [0.5, 0.6) is 0 Å². The number of rotatable bonds is 10. The van der Waals surface area contributed by atoms with Gasteiger partial charge >= 0.3 is 0 Å². The Hall–Kier alpha value is -1.59. The fraction of sp³-hybridized carbons (Fsp3) is 0.609. The Morgan fingerprint density at radius 3 is 2.44 bits per heavy atom. The van der Waals surface area contributed by atoms with Gasteiger partial charge < -0.3 is 4.74 Å². The highest BCUT2D eigenvalue weighted by molar-refractivity contribution is 5.33. The molecule has 1 aliphatic rings. The number of hydrogen-bond acceptors (Lipinski definition) is 2. The summed E-state index contributed by atoms with van der Waals surface area (Å²) in [5.74, 6) is 1.57. The Morgan fingerprint density at radius 2 is 1.76 bits per heavy atom. The van der Waals surface area contributed by atoms with E-state index in [4.69, 9.17) is 10.00 Å². The first-order valence-electron chi connectivity index (χ1n) is 10.1. The second kappa shape index (κ2) is 11.9. The van der Waals surface area contributed by atoms with Crippen molar-refractivity contribution in [2.24, 2.45) is 5.92 Å². The van der Waals surface area contributed by atoms with Crippen molar-refractivity contribution in [3.05, 3.63) is 47.5 Å². The first kappa shape index (κ1) is 19.7. The molecule has 0 spiro atoms. The molecule has 2 heteroatoms. The fourth-order valence-corrected chi connectivity index (χ4v) is 3.74. The predicted octanol–water partition coefficient (Wildman–Crippen LogP) is 6.38. The van der Waals surface area contributed by atoms with Gasteiger partial charge in [-0.25, -0.2) is 0 Å². The summed E-state index contributed by atoms with van der Waals surface area (Å²) in [6.45, 7) is 3.99. The van der Waals surface area contributed by atoms with Gasteiger partial charge in [0.1, 0.15) is 0 Å². The van der Waals surface area contributed by atoms with Crippen molar-refractivity contribution in [1.82, 2.24) is 0 Å². The van der Waals surface area contributed by atoms with Crippen LogP contribution in [0.4, 0.5) is 0 Å². The van der Waals surface area contributed by atoms with Gasteiger partial charge in [-0.2, -0.15) is 5.26 Å². The van der Waals surface area contributed by atoms with E-state index in [0.717, 1.165) is 31.1 Å². The number of benzene rings is 1. The molecule has 1 aromatic carbocycles. The highest BCUT2D eigenvalue weighted by atomic mass is 16.5. The van der Waals surface area contributed by atoms with Gasteiger partial charge in [-0.1, -0.05) is 37.6 Å². The molecule has 0 aliphatic heterocycles. The molecule has 1 aliphatic carbocycles. The molecular formula is C23H33NO. The summed E-state index contributed by atoms with van der Waals surface area (Å²) in [4.78, 5) is 0. The van der Waals surface area contributed by atoms with Gasteiger partial charge in [0.25, 0.3) is 0 Å². The third-order valence-electron chi connectivity index (χ3n) is 5.31. The summed E-state index contributed by atoms with van der Waals surface area (Å²) < 4.78 is 5.74. The number of allylic oxidation sites excluding steroid dienone is 1. The third kappa shape index (κ3) is 7.45. The predicted molar refractivity (Wildman–Crippen MR) is 105 cm³/mol. The van der Waals surface area contributed by atoms with Crippen molar-refractivity contribution in [3.8, 4) is 6.07 Å². The summed E-state index contributed by atoms with van der Waals surface area (Å²) in [6, 6.07) is 10.4. The minimum atomic E-state index is 0.690. The van der Waals surface area contributed by atoms with Crippen LogP contribution in [0.1, 0.15) is 81.8 Å². The summed E-state index contributed by atoms with van der Waals surface area (Å²) in [5.41, 5.74) is 2.18. The first-order chi connectivity index (χ1) is 12.3. The monoisotopic (exact) mass is 339 g/mol. The Bertz CT molecular complexity index is 532. The van der Waals surface area contributed by atoms with E-state index in [0.29, 0.717) is 5.92 Å². The van der Waals surface area contributed by atoms with E-state index in [9.17, 15) is 0 Å². The molecule has 1 saturated carbocycles. The molecule has 0 saturated heterocycles. The maximum Gasteiger partial charge on any atom is 0.0991 e. The van der Waals surface area contributed by atoms with Crippen molar-refractivity contribution in [1.29, 1.82) is 5.26 Å². The minimum absolute atomic E-state index is 0.690. The van der Waals surface area contributed by atoms with E-state index in [1.54, 1.807) is 0 Å². The summed E-state index contributed by atoms with van der Waals surface area (Å²) in [5, 5.41) is 8.89. The zero-order valence-corrected chi connectivity index (χ0v) is 15.8. The van der Waals surface area contributed by atoms with Gasteiger partial charge in [0.05, 0.1) is 18.2 Å². The first-order valence-corrected chi connectivity index (χ1v) is 10.1. The van der Waals surface area contributed by atoms with Crippen molar-refractivity contribution in [3.63, 3.8) is 0 Å². The Labute approximate surface area is 153 Å². The van der Waals surface area contributed by atoms with Crippen molar-refractivity contribution in [2.45, 2.75) is 70.6 Å². The lowest BCUT2D eigenvalue weighted by molar-refractivity contribution is 0.128. The van der Waals surface area contributed by atoms with E-state index >= 15 is 0 Å². The van der Waals surface area contributed by atoms with Gasteiger partial charge in [-0.3, -0.25) is 0 Å². The van der Waals surface area contributed by atoms with Gasteiger partial charge in [0.2, 0.25) is 0 Å². The number of hydrogen-bond donors (Lipinski definition) is 0. The van der Waals surface area contributed by atoms with E-state index in [1.165, 1.54) is 56.9 Å². The van der Waals surface area contributed by atoms with Crippen molar-refractivity contribution >= 4 is 0 Å². The summed E-state index contributed by atoms with van der Waals surface area (Å²) >= 11 is 0. The molecule has 0 unspecified atom stereocenters. The van der Waals surface area contributed by atoms with E-state index in [-0.39, 0.29) is 0 Å². The van der Waals surface area contributed by atoms with Crippen LogP contribution in [0.15, 0.2) is 36.4 Å². The zero-order chi connectivity index (χ0) is 17.7. The molecule has 2 nitrogen and oxygen atoms in total. The summed E-state index contributed by atoms with van der Waals surface area (Å²) in [7, 11) is 0. The van der Waals surface area contributed by atoms with Gasteiger partial charge in [0.15, 0.2) is 0 Å². The smallest absolute Gasteiger partial charge is 0.0991 e. The SMILES string of the molecule is CCC/C=C/CCOCCCC1CCC(c2ccc(C#N)cc2)CC1. The van der Waals surface area contributed by atoms with Crippen molar-refractivity contribution in [2.75, 3.05) is 13.2 Å². The minimum Gasteiger partial charge on any atom is -0.381 e. The van der Waals surface area contributed by atoms with Crippen LogP contribution in [0.25, 0.3) is 0 Å². The lowest BCUT2D eigenvalue weighted by Gasteiger charge is -2.28. The van der Waals surface area contributed by atoms with E-state index in [1.807, 2.05) is 12.1 Å². The molecule has 1 fully saturated rings. The molecule has 0 atom stereocenters. The van der Waals surface area contributed by atoms with Gasteiger partial charge in [-0.15, -0.1) is 0 Å². The Kier molecular flexibility index (Phi) is 9.37. The van der Waals surface area contributed by atoms with Gasteiger partial charge in [-0.05, 0) is 80.9 Å². The number of nitriles is 1. The van der Waals surface area contributed by atoms with Crippen LogP contribution in [-0.2, 0) is 4.74 Å². The van der Waals surface area contributed by atoms with Crippen LogP contribution < -0.4 is 0 Å². The molecule has 0 N–H and O–H groups in total. The van der Waals surface area contributed by atoms with Gasteiger partial charge in [0, 0.05) is 6.61 Å². The average Bonchev–Trinajstić information content (AvgIpc) is 2.67. The molecule has 0 aromatic heterocycles. The molecule has 136 valence electrons. The van der Waals surface area contributed by atoms with Crippen LogP contribution in [-0.4, -0.2) is 13.2 Å². The molecular weight excluding hydrogens is 306 g/mol. The van der Waals surface area contributed by atoms with Crippen LogP contribution >= 0.6 is 0 Å². The highest BCUT2D eigenvalue weighted by Crippen LogP contribution is 2.37. The van der Waals surface area contributed by atoms with Crippen molar-refractivity contribution < 1.29 is 4.74 Å². The number of ether oxygens (including phenoxy) is 1. The lowest BCUT2D eigenvalue weighted by Crippen LogP contribution is -2.14. The number of unbranched alkanes of at least 4 members (excludes halogenated alkanes) is 1. The van der Waals surface area contributed by atoms with Crippen LogP contribution in [0.2, 0.25) is 0 Å². The maximum atomic E-state index is 8.89. The fourth-order valence-electron chi connectivity index (χ4n) is 3.74. The molecule has 0 radical (unpaired) electrons. The van der Waals surface area contributed by atoms with E-state index < -0.39 is 0 Å².